The van der Waals surface area contributed by atoms with Crippen molar-refractivity contribution in [3.8, 4) is 0 Å². The van der Waals surface area contributed by atoms with Gasteiger partial charge in [0.2, 0.25) is 5.95 Å². The van der Waals surface area contributed by atoms with Crippen molar-refractivity contribution >= 4 is 23.6 Å². The molecule has 0 fully saturated rings. The number of aromatic nitrogens is 2. The van der Waals surface area contributed by atoms with Gasteiger partial charge in [-0.25, -0.2) is 19.7 Å². The van der Waals surface area contributed by atoms with Crippen LogP contribution in [0.5, 0.6) is 0 Å². The van der Waals surface area contributed by atoms with E-state index in [1.807, 2.05) is 41.5 Å². The summed E-state index contributed by atoms with van der Waals surface area (Å²) in [5.74, 6) is 0.231. The Bertz CT molecular complexity index is 464. The smallest absolute Gasteiger partial charge is 0.417 e. The maximum absolute atomic E-state index is 12.3. The van der Waals surface area contributed by atoms with Crippen molar-refractivity contribution in [3.63, 3.8) is 0 Å². The van der Waals surface area contributed by atoms with Gasteiger partial charge < -0.3 is 4.74 Å². The van der Waals surface area contributed by atoms with Crippen LogP contribution in [-0.4, -0.2) is 27.2 Å². The molecule has 5 nitrogen and oxygen atoms in total. The van der Waals surface area contributed by atoms with E-state index in [2.05, 4.69) is 9.97 Å². The lowest BCUT2D eigenvalue weighted by Gasteiger charge is -2.34. The average Bonchev–Trinajstić information content (AvgIpc) is 2.11. The Morgan fingerprint density at radius 1 is 1.26 bits per heavy atom. The molecule has 0 N–H and O–H groups in total. The molecule has 1 amide bonds. The van der Waals surface area contributed by atoms with E-state index in [9.17, 15) is 4.79 Å². The Kier molecular flexibility index (Phi) is 4.40. The molecule has 0 aliphatic heterocycles. The van der Waals surface area contributed by atoms with E-state index in [1.54, 1.807) is 6.07 Å². The van der Waals surface area contributed by atoms with Crippen LogP contribution < -0.4 is 4.90 Å². The Balaban J connectivity index is 3.13. The number of nitrogens with zero attached hydrogens (tertiary/aromatic N) is 3. The highest BCUT2D eigenvalue weighted by Crippen LogP contribution is 2.24. The quantitative estimate of drug-likeness (QED) is 0.739. The van der Waals surface area contributed by atoms with Crippen LogP contribution in [0.1, 0.15) is 41.5 Å². The van der Waals surface area contributed by atoms with Gasteiger partial charge in [-0.2, -0.15) is 0 Å². The Morgan fingerprint density at radius 3 is 2.26 bits per heavy atom. The van der Waals surface area contributed by atoms with E-state index in [-0.39, 0.29) is 11.1 Å². The molecule has 0 aliphatic rings. The molecular formula is C13H20ClN3O2. The van der Waals surface area contributed by atoms with Crippen molar-refractivity contribution < 1.29 is 9.53 Å². The summed E-state index contributed by atoms with van der Waals surface area (Å²) in [6.45, 7) is 11.1. The van der Waals surface area contributed by atoms with E-state index < -0.39 is 17.2 Å². The SMILES string of the molecule is CC(C)(C)OC(=O)N(c1nccc(Cl)n1)C(C)(C)C. The van der Waals surface area contributed by atoms with Gasteiger partial charge in [0.25, 0.3) is 0 Å². The monoisotopic (exact) mass is 285 g/mol. The summed E-state index contributed by atoms with van der Waals surface area (Å²) in [7, 11) is 0. The van der Waals surface area contributed by atoms with Crippen LogP contribution in [0.25, 0.3) is 0 Å². The highest BCUT2D eigenvalue weighted by Gasteiger charge is 2.34. The number of rotatable bonds is 1. The topological polar surface area (TPSA) is 55.3 Å². The molecule has 6 heteroatoms. The van der Waals surface area contributed by atoms with E-state index in [0.29, 0.717) is 0 Å². The second-order valence-electron chi connectivity index (χ2n) is 6.17. The first-order chi connectivity index (χ1) is 8.50. The van der Waals surface area contributed by atoms with Crippen LogP contribution in [0.4, 0.5) is 10.7 Å². The van der Waals surface area contributed by atoms with Gasteiger partial charge >= 0.3 is 6.09 Å². The third-order valence-electron chi connectivity index (χ3n) is 2.06. The van der Waals surface area contributed by atoms with Crippen LogP contribution in [-0.2, 0) is 4.74 Å². The predicted molar refractivity (Wildman–Crippen MR) is 75.5 cm³/mol. The molecule has 0 bridgehead atoms. The normalized spacial score (nSPS) is 12.2. The van der Waals surface area contributed by atoms with Crippen molar-refractivity contribution in [2.45, 2.75) is 52.7 Å². The minimum Gasteiger partial charge on any atom is -0.443 e. The molecule has 1 aromatic heterocycles. The van der Waals surface area contributed by atoms with Gasteiger partial charge in [-0.3, -0.25) is 0 Å². The highest BCUT2D eigenvalue weighted by molar-refractivity contribution is 6.29. The first-order valence-electron chi connectivity index (χ1n) is 6.02. The third-order valence-corrected chi connectivity index (χ3v) is 2.27. The first-order valence-corrected chi connectivity index (χ1v) is 6.40. The van der Waals surface area contributed by atoms with Crippen LogP contribution in [0.2, 0.25) is 5.15 Å². The van der Waals surface area contributed by atoms with E-state index in [1.165, 1.54) is 11.1 Å². The van der Waals surface area contributed by atoms with Crippen molar-refractivity contribution in [2.24, 2.45) is 0 Å². The third kappa shape index (κ3) is 4.67. The first kappa shape index (κ1) is 15.7. The summed E-state index contributed by atoms with van der Waals surface area (Å²) >= 11 is 5.85. The number of carbonyl (C=O) groups is 1. The van der Waals surface area contributed by atoms with Crippen molar-refractivity contribution in [1.82, 2.24) is 9.97 Å². The molecule has 0 aliphatic carbocycles. The lowest BCUT2D eigenvalue weighted by atomic mass is 10.1. The van der Waals surface area contributed by atoms with Gasteiger partial charge in [-0.1, -0.05) is 11.6 Å². The standard InChI is InChI=1S/C13H20ClN3O2/c1-12(2,3)17(11(18)19-13(4,5)6)10-15-8-7-9(14)16-10/h7-8H,1-6H3. The van der Waals surface area contributed by atoms with Gasteiger partial charge in [0.1, 0.15) is 10.8 Å². The number of hydrogen-bond donors (Lipinski definition) is 0. The number of ether oxygens (including phenoxy) is 1. The van der Waals surface area contributed by atoms with Gasteiger partial charge in [0.15, 0.2) is 0 Å². The molecule has 0 aromatic carbocycles. The minimum absolute atomic E-state index is 0.231. The highest BCUT2D eigenvalue weighted by atomic mass is 35.5. The number of hydrogen-bond acceptors (Lipinski definition) is 4. The van der Waals surface area contributed by atoms with Gasteiger partial charge in [0, 0.05) is 11.7 Å². The lowest BCUT2D eigenvalue weighted by Crippen LogP contribution is -2.49. The van der Waals surface area contributed by atoms with Crippen LogP contribution in [0.3, 0.4) is 0 Å². The van der Waals surface area contributed by atoms with E-state index >= 15 is 0 Å². The Morgan fingerprint density at radius 2 is 1.84 bits per heavy atom. The number of anilines is 1. The fourth-order valence-electron chi connectivity index (χ4n) is 1.40. The molecule has 0 saturated heterocycles. The summed E-state index contributed by atoms with van der Waals surface area (Å²) in [6.07, 6.45) is 1.01. The minimum atomic E-state index is -0.584. The zero-order valence-electron chi connectivity index (χ0n) is 12.2. The largest absolute Gasteiger partial charge is 0.443 e. The summed E-state index contributed by atoms with van der Waals surface area (Å²) < 4.78 is 5.38. The Hall–Kier alpha value is -1.36. The molecule has 1 aromatic rings. The van der Waals surface area contributed by atoms with Crippen LogP contribution in [0.15, 0.2) is 12.3 Å². The van der Waals surface area contributed by atoms with E-state index in [4.69, 9.17) is 16.3 Å². The molecule has 0 radical (unpaired) electrons. The Labute approximate surface area is 118 Å². The number of amides is 1. The second kappa shape index (κ2) is 5.33. The van der Waals surface area contributed by atoms with Crippen molar-refractivity contribution in [1.29, 1.82) is 0 Å². The maximum atomic E-state index is 12.3. The molecule has 19 heavy (non-hydrogen) atoms. The lowest BCUT2D eigenvalue weighted by molar-refractivity contribution is 0.0547. The van der Waals surface area contributed by atoms with Gasteiger partial charge in [-0.15, -0.1) is 0 Å². The average molecular weight is 286 g/mol. The van der Waals surface area contributed by atoms with Crippen molar-refractivity contribution in [3.05, 3.63) is 17.4 Å². The predicted octanol–water partition coefficient (Wildman–Crippen LogP) is 3.67. The van der Waals surface area contributed by atoms with Gasteiger partial charge in [-0.05, 0) is 47.6 Å². The summed E-state index contributed by atoms with van der Waals surface area (Å²) in [5, 5.41) is 0.280. The van der Waals surface area contributed by atoms with Crippen molar-refractivity contribution in [2.75, 3.05) is 4.90 Å². The number of carbonyl (C=O) groups excluding carboxylic acids is 1. The second-order valence-corrected chi connectivity index (χ2v) is 6.55. The molecule has 1 rings (SSSR count). The molecule has 0 spiro atoms. The zero-order valence-corrected chi connectivity index (χ0v) is 12.9. The summed E-state index contributed by atoms with van der Waals surface area (Å²) in [5.41, 5.74) is -1.10. The molecule has 0 saturated carbocycles. The fourth-order valence-corrected chi connectivity index (χ4v) is 1.53. The summed E-state index contributed by atoms with van der Waals surface area (Å²) in [4.78, 5) is 21.8. The van der Waals surface area contributed by atoms with E-state index in [0.717, 1.165) is 0 Å². The molecule has 0 unspecified atom stereocenters. The molecule has 1 heterocycles. The van der Waals surface area contributed by atoms with Gasteiger partial charge in [0.05, 0.1) is 0 Å². The molecule has 106 valence electrons. The fraction of sp³-hybridized carbons (Fsp3) is 0.615. The zero-order chi connectivity index (χ0) is 14.8. The number of halogens is 1. The van der Waals surface area contributed by atoms with Crippen LogP contribution in [0, 0.1) is 0 Å². The summed E-state index contributed by atoms with van der Waals surface area (Å²) in [6, 6.07) is 1.56. The molecule has 0 atom stereocenters. The molecular weight excluding hydrogens is 266 g/mol. The maximum Gasteiger partial charge on any atom is 0.417 e. The van der Waals surface area contributed by atoms with Crippen LogP contribution >= 0.6 is 11.6 Å².